The average molecular weight is 264 g/mol. The Balaban J connectivity index is 3.19. The van der Waals surface area contributed by atoms with Crippen molar-refractivity contribution in [1.29, 1.82) is 5.26 Å². The summed E-state index contributed by atoms with van der Waals surface area (Å²) in [7, 11) is 3.77. The molecular formula is C15H21FN2O. The standard InChI is InChI=1S/C15H21FN2O/c1-6-19-13-8-7-11(9-12(13)16)14(18(4)5)15(2,3)10-17/h7-9,14H,6H2,1-5H3. The van der Waals surface area contributed by atoms with Crippen LogP contribution in [0.5, 0.6) is 5.75 Å². The van der Waals surface area contributed by atoms with Crippen LogP contribution in [0.2, 0.25) is 0 Å². The summed E-state index contributed by atoms with van der Waals surface area (Å²) in [6, 6.07) is 7.00. The van der Waals surface area contributed by atoms with Crippen LogP contribution in [-0.4, -0.2) is 25.6 Å². The minimum Gasteiger partial charge on any atom is -0.491 e. The van der Waals surface area contributed by atoms with E-state index in [0.717, 1.165) is 5.56 Å². The topological polar surface area (TPSA) is 36.3 Å². The molecule has 1 unspecified atom stereocenters. The Hall–Kier alpha value is -1.60. The highest BCUT2D eigenvalue weighted by molar-refractivity contribution is 5.33. The van der Waals surface area contributed by atoms with Crippen molar-refractivity contribution in [2.75, 3.05) is 20.7 Å². The van der Waals surface area contributed by atoms with Crippen molar-refractivity contribution in [2.45, 2.75) is 26.8 Å². The van der Waals surface area contributed by atoms with Crippen LogP contribution in [-0.2, 0) is 0 Å². The van der Waals surface area contributed by atoms with Gasteiger partial charge in [0.1, 0.15) is 0 Å². The third-order valence-corrected chi connectivity index (χ3v) is 3.06. The molecule has 0 bridgehead atoms. The predicted octanol–water partition coefficient (Wildman–Crippen LogP) is 3.38. The molecule has 1 aromatic carbocycles. The lowest BCUT2D eigenvalue weighted by atomic mass is 9.81. The van der Waals surface area contributed by atoms with E-state index < -0.39 is 5.41 Å². The van der Waals surface area contributed by atoms with Gasteiger partial charge in [-0.15, -0.1) is 0 Å². The van der Waals surface area contributed by atoms with Crippen LogP contribution < -0.4 is 4.74 Å². The summed E-state index contributed by atoms with van der Waals surface area (Å²) in [5.41, 5.74) is 0.167. The van der Waals surface area contributed by atoms with Gasteiger partial charge in [0, 0.05) is 0 Å². The predicted molar refractivity (Wildman–Crippen MR) is 73.4 cm³/mol. The molecule has 0 spiro atoms. The van der Waals surface area contributed by atoms with Gasteiger partial charge in [-0.05, 0) is 52.6 Å². The Kier molecular flexibility index (Phi) is 4.90. The maximum absolute atomic E-state index is 13.9. The summed E-state index contributed by atoms with van der Waals surface area (Å²) < 4.78 is 19.1. The molecule has 1 atom stereocenters. The van der Waals surface area contributed by atoms with Gasteiger partial charge in [-0.2, -0.15) is 5.26 Å². The van der Waals surface area contributed by atoms with Crippen LogP contribution in [0.15, 0.2) is 18.2 Å². The van der Waals surface area contributed by atoms with Crippen molar-refractivity contribution < 1.29 is 9.13 Å². The Labute approximate surface area is 114 Å². The van der Waals surface area contributed by atoms with Gasteiger partial charge in [-0.1, -0.05) is 6.07 Å². The fourth-order valence-corrected chi connectivity index (χ4v) is 2.38. The molecule has 0 saturated carbocycles. The highest BCUT2D eigenvalue weighted by atomic mass is 19.1. The molecule has 1 aromatic rings. The third-order valence-electron chi connectivity index (χ3n) is 3.06. The molecule has 0 aliphatic heterocycles. The van der Waals surface area contributed by atoms with Gasteiger partial charge in [0.05, 0.1) is 24.1 Å². The van der Waals surface area contributed by atoms with E-state index in [-0.39, 0.29) is 17.6 Å². The molecule has 4 heteroatoms. The van der Waals surface area contributed by atoms with Crippen molar-refractivity contribution >= 4 is 0 Å². The first-order valence-electron chi connectivity index (χ1n) is 6.33. The third kappa shape index (κ3) is 3.45. The van der Waals surface area contributed by atoms with E-state index in [1.807, 2.05) is 45.8 Å². The number of nitrogens with zero attached hydrogens (tertiary/aromatic N) is 2. The molecule has 0 radical (unpaired) electrons. The Morgan fingerprint density at radius 2 is 2.05 bits per heavy atom. The van der Waals surface area contributed by atoms with E-state index in [1.54, 1.807) is 6.07 Å². The van der Waals surface area contributed by atoms with E-state index in [4.69, 9.17) is 4.74 Å². The van der Waals surface area contributed by atoms with E-state index >= 15 is 0 Å². The Morgan fingerprint density at radius 1 is 1.42 bits per heavy atom. The maximum atomic E-state index is 13.9. The molecule has 0 fully saturated rings. The summed E-state index contributed by atoms with van der Waals surface area (Å²) in [6.07, 6.45) is 0. The second kappa shape index (κ2) is 6.03. The van der Waals surface area contributed by atoms with Gasteiger partial charge in [0.15, 0.2) is 11.6 Å². The summed E-state index contributed by atoms with van der Waals surface area (Å²) in [4.78, 5) is 1.93. The summed E-state index contributed by atoms with van der Waals surface area (Å²) in [5.74, 6) is -0.140. The number of nitriles is 1. The highest BCUT2D eigenvalue weighted by Crippen LogP contribution is 2.37. The first-order valence-corrected chi connectivity index (χ1v) is 6.33. The number of hydrogen-bond donors (Lipinski definition) is 0. The molecule has 0 amide bonds. The second-order valence-corrected chi connectivity index (χ2v) is 5.32. The molecular weight excluding hydrogens is 243 g/mol. The van der Waals surface area contributed by atoms with Crippen LogP contribution in [0.3, 0.4) is 0 Å². The van der Waals surface area contributed by atoms with Crippen molar-refractivity contribution in [3.05, 3.63) is 29.6 Å². The number of hydrogen-bond acceptors (Lipinski definition) is 3. The molecule has 104 valence electrons. The van der Waals surface area contributed by atoms with Crippen molar-refractivity contribution in [3.63, 3.8) is 0 Å². The first kappa shape index (κ1) is 15.5. The minimum atomic E-state index is -0.608. The zero-order valence-corrected chi connectivity index (χ0v) is 12.2. The van der Waals surface area contributed by atoms with Gasteiger partial charge >= 0.3 is 0 Å². The summed E-state index contributed by atoms with van der Waals surface area (Å²) in [6.45, 7) is 5.95. The molecule has 0 aliphatic rings. The molecule has 3 nitrogen and oxygen atoms in total. The minimum absolute atomic E-state index is 0.178. The smallest absolute Gasteiger partial charge is 0.165 e. The average Bonchev–Trinajstić information content (AvgIpc) is 2.32. The van der Waals surface area contributed by atoms with Crippen LogP contribution in [0, 0.1) is 22.6 Å². The van der Waals surface area contributed by atoms with Crippen molar-refractivity contribution in [2.24, 2.45) is 5.41 Å². The fraction of sp³-hybridized carbons (Fsp3) is 0.533. The van der Waals surface area contributed by atoms with Crippen molar-refractivity contribution in [3.8, 4) is 11.8 Å². The van der Waals surface area contributed by atoms with Gasteiger partial charge in [-0.3, -0.25) is 0 Å². The Morgan fingerprint density at radius 3 is 2.47 bits per heavy atom. The first-order chi connectivity index (χ1) is 8.83. The summed E-state index contributed by atoms with van der Waals surface area (Å²) >= 11 is 0. The monoisotopic (exact) mass is 264 g/mol. The Bertz CT molecular complexity index is 478. The van der Waals surface area contributed by atoms with Crippen molar-refractivity contribution in [1.82, 2.24) is 4.90 Å². The fourth-order valence-electron chi connectivity index (χ4n) is 2.38. The molecule has 0 aliphatic carbocycles. The van der Waals surface area contributed by atoms with Crippen LogP contribution in [0.4, 0.5) is 4.39 Å². The van der Waals surface area contributed by atoms with Gasteiger partial charge in [0.25, 0.3) is 0 Å². The van der Waals surface area contributed by atoms with E-state index in [0.29, 0.717) is 6.61 Å². The van der Waals surface area contributed by atoms with Crippen LogP contribution in [0.25, 0.3) is 0 Å². The lowest BCUT2D eigenvalue weighted by Crippen LogP contribution is -2.32. The molecule has 0 saturated heterocycles. The van der Waals surface area contributed by atoms with E-state index in [9.17, 15) is 9.65 Å². The molecule has 0 aromatic heterocycles. The normalized spacial score (nSPS) is 13.2. The molecule has 19 heavy (non-hydrogen) atoms. The second-order valence-electron chi connectivity index (χ2n) is 5.32. The van der Waals surface area contributed by atoms with E-state index in [1.165, 1.54) is 6.07 Å². The maximum Gasteiger partial charge on any atom is 0.165 e. The van der Waals surface area contributed by atoms with E-state index in [2.05, 4.69) is 6.07 Å². The SMILES string of the molecule is CCOc1ccc(C(N(C)C)C(C)(C)C#N)cc1F. The van der Waals surface area contributed by atoms with Gasteiger partial charge in [0.2, 0.25) is 0 Å². The molecule has 0 heterocycles. The number of rotatable bonds is 5. The zero-order valence-electron chi connectivity index (χ0n) is 12.2. The lowest BCUT2D eigenvalue weighted by Gasteiger charge is -2.34. The zero-order chi connectivity index (χ0) is 14.6. The number of halogens is 1. The van der Waals surface area contributed by atoms with Crippen LogP contribution in [0.1, 0.15) is 32.4 Å². The van der Waals surface area contributed by atoms with Crippen LogP contribution >= 0.6 is 0 Å². The molecule has 1 rings (SSSR count). The lowest BCUT2D eigenvalue weighted by molar-refractivity contribution is 0.184. The molecule has 0 N–H and O–H groups in total. The van der Waals surface area contributed by atoms with Gasteiger partial charge in [-0.25, -0.2) is 4.39 Å². The van der Waals surface area contributed by atoms with Gasteiger partial charge < -0.3 is 9.64 Å². The summed E-state index contributed by atoms with van der Waals surface area (Å²) in [5, 5.41) is 9.29. The quantitative estimate of drug-likeness (QED) is 0.818. The highest BCUT2D eigenvalue weighted by Gasteiger charge is 2.33. The number of benzene rings is 1. The number of ether oxygens (including phenoxy) is 1. The largest absolute Gasteiger partial charge is 0.491 e.